The molecule has 2 N–H and O–H groups in total. The Hall–Kier alpha value is -2.67. The number of ether oxygens (including phenoxy) is 1. The van der Waals surface area contributed by atoms with Gasteiger partial charge in [0.05, 0.1) is 12.7 Å². The summed E-state index contributed by atoms with van der Waals surface area (Å²) in [6, 6.07) is 8.68. The maximum atomic E-state index is 11.9. The van der Waals surface area contributed by atoms with Gasteiger partial charge < -0.3 is 15.4 Å². The number of benzene rings is 1. The van der Waals surface area contributed by atoms with E-state index >= 15 is 0 Å². The van der Waals surface area contributed by atoms with E-state index in [1.807, 2.05) is 19.1 Å². The van der Waals surface area contributed by atoms with Crippen LogP contribution in [-0.4, -0.2) is 34.3 Å². The van der Waals surface area contributed by atoms with Crippen LogP contribution in [0.15, 0.2) is 36.7 Å². The second-order valence-corrected chi connectivity index (χ2v) is 6.10. The van der Waals surface area contributed by atoms with Crippen molar-refractivity contribution in [2.75, 3.05) is 17.7 Å². The standard InChI is InChI=1S/C18H21ClN4O3/c1-3-4-14(19)17(24)23-16-9-15(21-11-22-16)20-10-12-5-7-13(8-6-12)18(25)26-2/h5-9,11,14H,3-4,10H2,1-2H3,(H2,20,21,22,23,24). The molecule has 0 spiro atoms. The van der Waals surface area contributed by atoms with Gasteiger partial charge in [0.15, 0.2) is 0 Å². The number of esters is 1. The van der Waals surface area contributed by atoms with Crippen LogP contribution >= 0.6 is 11.6 Å². The van der Waals surface area contributed by atoms with Crippen LogP contribution in [0.2, 0.25) is 0 Å². The largest absolute Gasteiger partial charge is 0.465 e. The number of aromatic nitrogens is 2. The number of carbonyl (C=O) groups excluding carboxylic acids is 2. The van der Waals surface area contributed by atoms with Gasteiger partial charge in [-0.3, -0.25) is 4.79 Å². The van der Waals surface area contributed by atoms with Crippen LogP contribution < -0.4 is 10.6 Å². The molecule has 0 aliphatic carbocycles. The molecule has 1 heterocycles. The first kappa shape index (κ1) is 19.7. The number of halogens is 1. The molecule has 0 fully saturated rings. The fourth-order valence-corrected chi connectivity index (χ4v) is 2.45. The Morgan fingerprint density at radius 3 is 2.54 bits per heavy atom. The number of hydrogen-bond acceptors (Lipinski definition) is 6. The normalized spacial score (nSPS) is 11.5. The number of amides is 1. The van der Waals surface area contributed by atoms with Crippen molar-refractivity contribution in [3.63, 3.8) is 0 Å². The highest BCUT2D eigenvalue weighted by atomic mass is 35.5. The van der Waals surface area contributed by atoms with Crippen molar-refractivity contribution in [2.45, 2.75) is 31.7 Å². The average molecular weight is 377 g/mol. The smallest absolute Gasteiger partial charge is 0.337 e. The van der Waals surface area contributed by atoms with Gasteiger partial charge in [0.1, 0.15) is 23.3 Å². The van der Waals surface area contributed by atoms with E-state index in [9.17, 15) is 9.59 Å². The maximum absolute atomic E-state index is 11.9. The van der Waals surface area contributed by atoms with Crippen molar-refractivity contribution in [3.8, 4) is 0 Å². The topological polar surface area (TPSA) is 93.2 Å². The van der Waals surface area contributed by atoms with Gasteiger partial charge in [-0.15, -0.1) is 11.6 Å². The molecule has 26 heavy (non-hydrogen) atoms. The van der Waals surface area contributed by atoms with Gasteiger partial charge in [-0.05, 0) is 24.1 Å². The zero-order chi connectivity index (χ0) is 18.9. The van der Waals surface area contributed by atoms with Crippen molar-refractivity contribution < 1.29 is 14.3 Å². The third-order valence-electron chi connectivity index (χ3n) is 3.59. The lowest BCUT2D eigenvalue weighted by atomic mass is 10.1. The Balaban J connectivity index is 1.94. The molecular formula is C18H21ClN4O3. The minimum absolute atomic E-state index is 0.281. The Kier molecular flexibility index (Phi) is 7.35. The third kappa shape index (κ3) is 5.70. The van der Waals surface area contributed by atoms with Crippen LogP contribution in [0.1, 0.15) is 35.7 Å². The monoisotopic (exact) mass is 376 g/mol. The SMILES string of the molecule is CCCC(Cl)C(=O)Nc1cc(NCc2ccc(C(=O)OC)cc2)ncn1. The van der Waals surface area contributed by atoms with Gasteiger partial charge in [0.25, 0.3) is 0 Å². The second-order valence-electron chi connectivity index (χ2n) is 5.58. The lowest BCUT2D eigenvalue weighted by Crippen LogP contribution is -2.23. The lowest BCUT2D eigenvalue weighted by Gasteiger charge is -2.10. The highest BCUT2D eigenvalue weighted by Crippen LogP contribution is 2.13. The minimum Gasteiger partial charge on any atom is -0.465 e. The summed E-state index contributed by atoms with van der Waals surface area (Å²) in [5.41, 5.74) is 1.46. The average Bonchev–Trinajstić information content (AvgIpc) is 2.66. The van der Waals surface area contributed by atoms with E-state index in [-0.39, 0.29) is 11.9 Å². The number of rotatable bonds is 8. The van der Waals surface area contributed by atoms with E-state index in [0.717, 1.165) is 12.0 Å². The molecule has 0 aliphatic rings. The highest BCUT2D eigenvalue weighted by Gasteiger charge is 2.15. The molecule has 1 unspecified atom stereocenters. The highest BCUT2D eigenvalue weighted by molar-refractivity contribution is 6.32. The minimum atomic E-state index is -0.584. The third-order valence-corrected chi connectivity index (χ3v) is 4.01. The van der Waals surface area contributed by atoms with Crippen LogP contribution in [-0.2, 0) is 16.1 Å². The Bertz CT molecular complexity index is 752. The summed E-state index contributed by atoms with van der Waals surface area (Å²) >= 11 is 6.00. The number of anilines is 2. The second kappa shape index (κ2) is 9.72. The Labute approximate surface area is 157 Å². The van der Waals surface area contributed by atoms with Crippen molar-refractivity contribution in [1.82, 2.24) is 9.97 Å². The number of nitrogens with one attached hydrogen (secondary N) is 2. The molecule has 0 aliphatic heterocycles. The van der Waals surface area contributed by atoms with E-state index in [1.165, 1.54) is 13.4 Å². The molecule has 7 nitrogen and oxygen atoms in total. The molecule has 138 valence electrons. The number of alkyl halides is 1. The first-order valence-electron chi connectivity index (χ1n) is 8.21. The summed E-state index contributed by atoms with van der Waals surface area (Å²) in [7, 11) is 1.35. The van der Waals surface area contributed by atoms with E-state index in [1.54, 1.807) is 18.2 Å². The van der Waals surface area contributed by atoms with E-state index < -0.39 is 5.38 Å². The predicted octanol–water partition coefficient (Wildman–Crippen LogP) is 3.22. The first-order chi connectivity index (χ1) is 12.5. The Morgan fingerprint density at radius 2 is 1.88 bits per heavy atom. The molecule has 1 atom stereocenters. The van der Waals surface area contributed by atoms with Gasteiger partial charge in [0, 0.05) is 12.6 Å². The molecule has 2 rings (SSSR count). The molecule has 1 aromatic carbocycles. The van der Waals surface area contributed by atoms with E-state index in [0.29, 0.717) is 30.2 Å². The van der Waals surface area contributed by atoms with E-state index in [4.69, 9.17) is 11.6 Å². The molecule has 0 radical (unpaired) electrons. The number of nitrogens with zero attached hydrogens (tertiary/aromatic N) is 2. The van der Waals surface area contributed by atoms with E-state index in [2.05, 4.69) is 25.3 Å². The van der Waals surface area contributed by atoms with Crippen LogP contribution in [0.3, 0.4) is 0 Å². The van der Waals surface area contributed by atoms with Crippen LogP contribution in [0.25, 0.3) is 0 Å². The summed E-state index contributed by atoms with van der Waals surface area (Å²) in [4.78, 5) is 31.5. The van der Waals surface area contributed by atoms with Gasteiger partial charge >= 0.3 is 5.97 Å². The van der Waals surface area contributed by atoms with Crippen molar-refractivity contribution in [1.29, 1.82) is 0 Å². The number of carbonyl (C=O) groups is 2. The fraction of sp³-hybridized carbons (Fsp3) is 0.333. The first-order valence-corrected chi connectivity index (χ1v) is 8.65. The summed E-state index contributed by atoms with van der Waals surface area (Å²) in [6.45, 7) is 2.47. The molecule has 0 saturated heterocycles. The summed E-state index contributed by atoms with van der Waals surface area (Å²) < 4.78 is 4.67. The van der Waals surface area contributed by atoms with Crippen LogP contribution in [0, 0.1) is 0 Å². The van der Waals surface area contributed by atoms with Gasteiger partial charge in [-0.2, -0.15) is 0 Å². The van der Waals surface area contributed by atoms with Crippen LogP contribution in [0.4, 0.5) is 11.6 Å². The molecule has 2 aromatic rings. The van der Waals surface area contributed by atoms with Gasteiger partial charge in [-0.1, -0.05) is 25.5 Å². The molecule has 8 heteroatoms. The van der Waals surface area contributed by atoms with Gasteiger partial charge in [-0.25, -0.2) is 14.8 Å². The molecule has 1 aromatic heterocycles. The van der Waals surface area contributed by atoms with Crippen LogP contribution in [0.5, 0.6) is 0 Å². The quantitative estimate of drug-likeness (QED) is 0.542. The number of methoxy groups -OCH3 is 1. The molecule has 0 saturated carbocycles. The summed E-state index contributed by atoms with van der Waals surface area (Å²) in [5, 5.41) is 5.23. The maximum Gasteiger partial charge on any atom is 0.337 e. The zero-order valence-electron chi connectivity index (χ0n) is 14.7. The molecule has 0 bridgehead atoms. The Morgan fingerprint density at radius 1 is 1.19 bits per heavy atom. The predicted molar refractivity (Wildman–Crippen MR) is 100 cm³/mol. The fourth-order valence-electron chi connectivity index (χ4n) is 2.18. The summed E-state index contributed by atoms with van der Waals surface area (Å²) in [6.07, 6.45) is 2.79. The lowest BCUT2D eigenvalue weighted by molar-refractivity contribution is -0.116. The number of hydrogen-bond donors (Lipinski definition) is 2. The molecular weight excluding hydrogens is 356 g/mol. The van der Waals surface area contributed by atoms with Gasteiger partial charge in [0.2, 0.25) is 5.91 Å². The summed E-state index contributed by atoms with van der Waals surface area (Å²) in [5.74, 6) is 0.294. The zero-order valence-corrected chi connectivity index (χ0v) is 15.4. The van der Waals surface area contributed by atoms with Crippen molar-refractivity contribution in [3.05, 3.63) is 47.8 Å². The van der Waals surface area contributed by atoms with Crippen molar-refractivity contribution >= 4 is 35.1 Å². The molecule has 1 amide bonds. The van der Waals surface area contributed by atoms with Crippen molar-refractivity contribution in [2.24, 2.45) is 0 Å².